The van der Waals surface area contributed by atoms with E-state index < -0.39 is 11.9 Å². The van der Waals surface area contributed by atoms with Crippen LogP contribution in [0.2, 0.25) is 0 Å². The molecule has 1 aliphatic carbocycles. The van der Waals surface area contributed by atoms with Crippen LogP contribution in [0.1, 0.15) is 85.9 Å². The molecule has 0 spiro atoms. The molecule has 1 fully saturated rings. The van der Waals surface area contributed by atoms with Gasteiger partial charge < -0.3 is 10.4 Å². The van der Waals surface area contributed by atoms with Gasteiger partial charge in [-0.05, 0) is 60.6 Å². The van der Waals surface area contributed by atoms with E-state index in [0.717, 1.165) is 32.1 Å². The van der Waals surface area contributed by atoms with Crippen LogP contribution in [0.3, 0.4) is 0 Å². The molecule has 2 aromatic carbocycles. The minimum absolute atomic E-state index is 0.0760. The topological polar surface area (TPSA) is 95.4 Å². The average Bonchev–Trinajstić information content (AvgIpc) is 2.92. The molecule has 0 unspecified atom stereocenters. The summed E-state index contributed by atoms with van der Waals surface area (Å²) in [7, 11) is 0. The van der Waals surface area contributed by atoms with Crippen molar-refractivity contribution >= 4 is 17.5 Å². The monoisotopic (exact) mass is 486 g/mol. The molecular weight excluding hydrogens is 452 g/mol. The third-order valence-corrected chi connectivity index (χ3v) is 7.02. The predicted octanol–water partition coefficient (Wildman–Crippen LogP) is 5.53. The van der Waals surface area contributed by atoms with Gasteiger partial charge in [0.1, 0.15) is 17.5 Å². The van der Waals surface area contributed by atoms with E-state index >= 15 is 0 Å². The Morgan fingerprint density at radius 3 is 2.28 bits per heavy atom. The number of benzene rings is 2. The van der Waals surface area contributed by atoms with Crippen molar-refractivity contribution in [1.82, 2.24) is 15.3 Å². The minimum atomic E-state index is -0.948. The van der Waals surface area contributed by atoms with E-state index in [1.54, 1.807) is 12.1 Å². The largest absolute Gasteiger partial charge is 0.508 e. The zero-order valence-electron chi connectivity index (χ0n) is 20.9. The molecule has 2 atom stereocenters. The van der Waals surface area contributed by atoms with Crippen LogP contribution in [0.15, 0.2) is 67.1 Å². The van der Waals surface area contributed by atoms with Crippen molar-refractivity contribution < 1.29 is 14.7 Å². The molecule has 0 saturated heterocycles. The quantitative estimate of drug-likeness (QED) is 0.436. The molecule has 2 N–H and O–H groups in total. The summed E-state index contributed by atoms with van der Waals surface area (Å²) in [6.45, 7) is 4.30. The number of aromatic nitrogens is 2. The number of nitrogens with one attached hydrogen (secondary N) is 1. The first-order valence-corrected chi connectivity index (χ1v) is 12.8. The summed E-state index contributed by atoms with van der Waals surface area (Å²) in [5.41, 5.74) is 2.51. The van der Waals surface area contributed by atoms with E-state index in [0.29, 0.717) is 17.2 Å². The van der Waals surface area contributed by atoms with E-state index in [9.17, 15) is 14.7 Å². The van der Waals surface area contributed by atoms with E-state index in [2.05, 4.69) is 29.1 Å². The van der Waals surface area contributed by atoms with Gasteiger partial charge in [-0.25, -0.2) is 4.98 Å². The van der Waals surface area contributed by atoms with Gasteiger partial charge >= 0.3 is 0 Å². The summed E-state index contributed by atoms with van der Waals surface area (Å²) >= 11 is 0. The number of phenolic OH excluding ortho intramolecular Hbond substituents is 1. The van der Waals surface area contributed by atoms with Crippen LogP contribution < -0.4 is 10.2 Å². The van der Waals surface area contributed by atoms with Gasteiger partial charge in [0.05, 0.1) is 6.20 Å². The molecular formula is C29H34N4O3. The van der Waals surface area contributed by atoms with Crippen LogP contribution in [0.4, 0.5) is 5.69 Å². The summed E-state index contributed by atoms with van der Waals surface area (Å²) < 4.78 is 0. The second-order valence-electron chi connectivity index (χ2n) is 9.50. The number of phenols is 1. The van der Waals surface area contributed by atoms with Gasteiger partial charge in [0.15, 0.2) is 0 Å². The Morgan fingerprint density at radius 1 is 1.00 bits per heavy atom. The molecule has 188 valence electrons. The molecule has 7 nitrogen and oxygen atoms in total. The van der Waals surface area contributed by atoms with E-state index in [-0.39, 0.29) is 23.4 Å². The number of aromatic hydroxyl groups is 1. The van der Waals surface area contributed by atoms with E-state index in [1.165, 1.54) is 47.6 Å². The SMILES string of the molecule is CC[C@@H](C)c1ccc(N(C(=O)c2cnccn2)[C@@H](C(=O)NC2CCCCC2)c2ccc(O)cc2)cc1. The maximum Gasteiger partial charge on any atom is 0.279 e. The summed E-state index contributed by atoms with van der Waals surface area (Å²) in [6.07, 6.45) is 10.6. The molecule has 2 amide bonds. The molecule has 1 saturated carbocycles. The fraction of sp³-hybridized carbons (Fsp3) is 0.379. The second kappa shape index (κ2) is 11.8. The van der Waals surface area contributed by atoms with Gasteiger partial charge in [0.25, 0.3) is 5.91 Å². The highest BCUT2D eigenvalue weighted by Crippen LogP contribution is 2.32. The van der Waals surface area contributed by atoms with Gasteiger partial charge in [-0.1, -0.05) is 57.4 Å². The number of nitrogens with zero attached hydrogens (tertiary/aromatic N) is 3. The molecule has 0 aliphatic heterocycles. The lowest BCUT2D eigenvalue weighted by Crippen LogP contribution is -2.47. The maximum absolute atomic E-state index is 13.9. The Morgan fingerprint density at radius 2 is 1.67 bits per heavy atom. The molecule has 1 aliphatic rings. The first kappa shape index (κ1) is 25.4. The third kappa shape index (κ3) is 5.90. The highest BCUT2D eigenvalue weighted by molar-refractivity contribution is 6.09. The number of anilines is 1. The van der Waals surface area contributed by atoms with Crippen LogP contribution in [0.25, 0.3) is 0 Å². The average molecular weight is 487 g/mol. The summed E-state index contributed by atoms with van der Waals surface area (Å²) in [5, 5.41) is 13.1. The van der Waals surface area contributed by atoms with E-state index in [4.69, 9.17) is 0 Å². The van der Waals surface area contributed by atoms with Crippen LogP contribution in [-0.2, 0) is 4.79 Å². The standard InChI is InChI=1S/C29H34N4O3/c1-3-20(2)21-9-13-24(14-10-21)33(29(36)26-19-30-17-18-31-26)27(22-11-15-25(34)16-12-22)28(35)32-23-7-5-4-6-8-23/h9-20,23,27,34H,3-8H2,1-2H3,(H,32,35)/t20-,27-/m1/s1. The summed E-state index contributed by atoms with van der Waals surface area (Å²) in [6, 6.07) is 13.4. The molecule has 1 aromatic heterocycles. The number of carbonyl (C=O) groups is 2. The number of rotatable bonds is 8. The lowest BCUT2D eigenvalue weighted by atomic mass is 9.94. The Kier molecular flexibility index (Phi) is 8.31. The lowest BCUT2D eigenvalue weighted by Gasteiger charge is -2.33. The highest BCUT2D eigenvalue weighted by atomic mass is 16.3. The number of carbonyl (C=O) groups excluding carboxylic acids is 2. The van der Waals surface area contributed by atoms with Crippen molar-refractivity contribution in [1.29, 1.82) is 0 Å². The second-order valence-corrected chi connectivity index (χ2v) is 9.50. The Bertz CT molecular complexity index is 1140. The lowest BCUT2D eigenvalue weighted by molar-refractivity contribution is -0.123. The van der Waals surface area contributed by atoms with Crippen LogP contribution in [0, 0.1) is 0 Å². The highest BCUT2D eigenvalue weighted by Gasteiger charge is 2.35. The Hall–Kier alpha value is -3.74. The summed E-state index contributed by atoms with van der Waals surface area (Å²) in [5.74, 6) is -0.201. The normalized spacial score (nSPS) is 15.6. The van der Waals surface area contributed by atoms with Gasteiger partial charge in [0, 0.05) is 24.1 Å². The number of amides is 2. The Balaban J connectivity index is 1.79. The molecule has 36 heavy (non-hydrogen) atoms. The van der Waals surface area contributed by atoms with Crippen molar-refractivity contribution in [2.24, 2.45) is 0 Å². The zero-order valence-corrected chi connectivity index (χ0v) is 20.9. The van der Waals surface area contributed by atoms with Crippen LogP contribution >= 0.6 is 0 Å². The molecule has 0 bridgehead atoms. The minimum Gasteiger partial charge on any atom is -0.508 e. The van der Waals surface area contributed by atoms with Gasteiger partial charge in [-0.15, -0.1) is 0 Å². The van der Waals surface area contributed by atoms with Gasteiger partial charge in [-0.2, -0.15) is 0 Å². The van der Waals surface area contributed by atoms with Crippen molar-refractivity contribution in [2.75, 3.05) is 4.90 Å². The molecule has 3 aromatic rings. The van der Waals surface area contributed by atoms with Crippen LogP contribution in [0.5, 0.6) is 5.75 Å². The first-order chi connectivity index (χ1) is 17.5. The Labute approximate surface area is 212 Å². The van der Waals surface area contributed by atoms with Gasteiger partial charge in [0.2, 0.25) is 5.91 Å². The molecule has 7 heteroatoms. The van der Waals surface area contributed by atoms with Crippen LogP contribution in [-0.4, -0.2) is 32.9 Å². The molecule has 4 rings (SSSR count). The number of hydrogen-bond acceptors (Lipinski definition) is 5. The summed E-state index contributed by atoms with van der Waals surface area (Å²) in [4.78, 5) is 37.5. The van der Waals surface area contributed by atoms with Crippen molar-refractivity contribution in [3.05, 3.63) is 83.9 Å². The fourth-order valence-electron chi connectivity index (χ4n) is 4.72. The predicted molar refractivity (Wildman–Crippen MR) is 140 cm³/mol. The molecule has 0 radical (unpaired) electrons. The first-order valence-electron chi connectivity index (χ1n) is 12.8. The van der Waals surface area contributed by atoms with Gasteiger partial charge in [-0.3, -0.25) is 19.5 Å². The van der Waals surface area contributed by atoms with Crippen molar-refractivity contribution in [3.63, 3.8) is 0 Å². The maximum atomic E-state index is 13.9. The fourth-order valence-corrected chi connectivity index (χ4v) is 4.72. The molecule has 1 heterocycles. The van der Waals surface area contributed by atoms with Crippen molar-refractivity contribution in [3.8, 4) is 5.75 Å². The third-order valence-electron chi connectivity index (χ3n) is 7.02. The van der Waals surface area contributed by atoms with E-state index in [1.807, 2.05) is 24.3 Å². The zero-order chi connectivity index (χ0) is 25.5. The number of hydrogen-bond donors (Lipinski definition) is 2. The smallest absolute Gasteiger partial charge is 0.279 e. The van der Waals surface area contributed by atoms with Crippen molar-refractivity contribution in [2.45, 2.75) is 70.4 Å².